The smallest absolute Gasteiger partial charge is 0.335 e. The van der Waals surface area contributed by atoms with Crippen molar-refractivity contribution in [1.29, 1.82) is 0 Å². The lowest BCUT2D eigenvalue weighted by molar-refractivity contribution is -0.173. The Hall–Kier alpha value is -1.89. The first-order valence-electron chi connectivity index (χ1n) is 7.15. The number of nitrogens with zero attached hydrogens (tertiary/aromatic N) is 3. The number of aromatic nitrogens is 2. The van der Waals surface area contributed by atoms with Crippen LogP contribution < -0.4 is 0 Å². The number of ether oxygens (including phenoxy) is 1. The second-order valence-corrected chi connectivity index (χ2v) is 5.16. The number of amides is 1. The third-order valence-corrected chi connectivity index (χ3v) is 3.63. The highest BCUT2D eigenvalue weighted by atomic mass is 16.5. The van der Waals surface area contributed by atoms with Crippen LogP contribution >= 0.6 is 0 Å². The highest BCUT2D eigenvalue weighted by Gasteiger charge is 2.43. The van der Waals surface area contributed by atoms with Crippen LogP contribution in [0.5, 0.6) is 0 Å². The molecule has 1 saturated heterocycles. The molecule has 2 heterocycles. The molecule has 21 heavy (non-hydrogen) atoms. The van der Waals surface area contributed by atoms with Gasteiger partial charge >= 0.3 is 5.97 Å². The molecule has 0 aromatic carbocycles. The standard InChI is InChI=1S/C14H21N3O4/c1-4-6-17-11(18)8-21-13(14(19)20)12(17)9-7-16(3)15-10(9)5-2/h7,12-13H,4-6,8H2,1-3H3,(H,19,20). The molecular formula is C14H21N3O4. The van der Waals surface area contributed by atoms with Gasteiger partial charge in [-0.15, -0.1) is 0 Å². The van der Waals surface area contributed by atoms with Crippen LogP contribution in [0.3, 0.4) is 0 Å². The Bertz CT molecular complexity index is 540. The first kappa shape index (κ1) is 15.5. The monoisotopic (exact) mass is 295 g/mol. The van der Waals surface area contributed by atoms with Crippen molar-refractivity contribution in [2.75, 3.05) is 13.2 Å². The maximum atomic E-state index is 12.1. The predicted molar refractivity (Wildman–Crippen MR) is 74.7 cm³/mol. The summed E-state index contributed by atoms with van der Waals surface area (Å²) in [6, 6.07) is -0.618. The van der Waals surface area contributed by atoms with Crippen molar-refractivity contribution in [3.63, 3.8) is 0 Å². The third-order valence-electron chi connectivity index (χ3n) is 3.63. The highest BCUT2D eigenvalue weighted by Crippen LogP contribution is 2.32. The van der Waals surface area contributed by atoms with Gasteiger partial charge in [0.1, 0.15) is 6.61 Å². The van der Waals surface area contributed by atoms with E-state index in [1.54, 1.807) is 22.8 Å². The van der Waals surface area contributed by atoms with Gasteiger partial charge in [0.15, 0.2) is 6.10 Å². The molecule has 0 radical (unpaired) electrons. The van der Waals surface area contributed by atoms with Crippen LogP contribution in [0.4, 0.5) is 0 Å². The van der Waals surface area contributed by atoms with Gasteiger partial charge in [0, 0.05) is 25.4 Å². The predicted octanol–water partition coefficient (Wildman–Crippen LogP) is 0.746. The molecule has 0 saturated carbocycles. The van der Waals surface area contributed by atoms with Gasteiger partial charge in [0.05, 0.1) is 11.7 Å². The number of carboxylic acids is 1. The van der Waals surface area contributed by atoms with E-state index in [0.29, 0.717) is 13.0 Å². The molecule has 2 unspecified atom stereocenters. The second kappa shape index (κ2) is 6.26. The average molecular weight is 295 g/mol. The Morgan fingerprint density at radius 1 is 1.52 bits per heavy atom. The molecule has 1 aliphatic heterocycles. The van der Waals surface area contributed by atoms with Gasteiger partial charge in [-0.3, -0.25) is 9.48 Å². The fourth-order valence-corrected chi connectivity index (χ4v) is 2.77. The molecule has 1 aromatic heterocycles. The van der Waals surface area contributed by atoms with E-state index in [4.69, 9.17) is 4.74 Å². The van der Waals surface area contributed by atoms with E-state index < -0.39 is 18.1 Å². The topological polar surface area (TPSA) is 84.7 Å². The van der Waals surface area contributed by atoms with Crippen molar-refractivity contribution < 1.29 is 19.4 Å². The Morgan fingerprint density at radius 2 is 2.24 bits per heavy atom. The first-order valence-corrected chi connectivity index (χ1v) is 7.15. The summed E-state index contributed by atoms with van der Waals surface area (Å²) in [6.07, 6.45) is 2.16. The summed E-state index contributed by atoms with van der Waals surface area (Å²) in [5.41, 5.74) is 1.56. The van der Waals surface area contributed by atoms with Crippen molar-refractivity contribution in [3.8, 4) is 0 Å². The molecule has 2 atom stereocenters. The summed E-state index contributed by atoms with van der Waals surface area (Å²) in [7, 11) is 1.79. The van der Waals surface area contributed by atoms with Crippen molar-refractivity contribution in [2.45, 2.75) is 38.8 Å². The minimum atomic E-state index is -1.06. The third kappa shape index (κ3) is 2.92. The van der Waals surface area contributed by atoms with Gasteiger partial charge in [-0.05, 0) is 12.8 Å². The van der Waals surface area contributed by atoms with Crippen LogP contribution in [-0.4, -0.2) is 50.9 Å². The van der Waals surface area contributed by atoms with E-state index in [2.05, 4.69) is 5.10 Å². The van der Waals surface area contributed by atoms with Crippen LogP contribution in [0.15, 0.2) is 6.20 Å². The molecule has 0 aliphatic carbocycles. The maximum absolute atomic E-state index is 12.1. The normalized spacial score (nSPS) is 22.6. The number of rotatable bonds is 5. The number of aryl methyl sites for hydroxylation is 2. The van der Waals surface area contributed by atoms with Gasteiger partial charge < -0.3 is 14.7 Å². The molecule has 1 N–H and O–H groups in total. The van der Waals surface area contributed by atoms with E-state index in [1.165, 1.54) is 0 Å². The summed E-state index contributed by atoms with van der Waals surface area (Å²) < 4.78 is 6.93. The molecule has 7 heteroatoms. The Labute approximate surface area is 123 Å². The van der Waals surface area contributed by atoms with Crippen molar-refractivity contribution in [3.05, 3.63) is 17.5 Å². The SMILES string of the molecule is CCCN1C(=O)COC(C(=O)O)C1c1cn(C)nc1CC. The highest BCUT2D eigenvalue weighted by molar-refractivity contribution is 5.83. The fraction of sp³-hybridized carbons (Fsp3) is 0.643. The number of carbonyl (C=O) groups excluding carboxylic acids is 1. The van der Waals surface area contributed by atoms with Crippen LogP contribution in [-0.2, 0) is 27.8 Å². The van der Waals surface area contributed by atoms with Crippen LogP contribution in [0, 0.1) is 0 Å². The molecule has 0 spiro atoms. The number of carbonyl (C=O) groups is 2. The second-order valence-electron chi connectivity index (χ2n) is 5.16. The number of hydrogen-bond acceptors (Lipinski definition) is 4. The van der Waals surface area contributed by atoms with Crippen LogP contribution in [0.1, 0.15) is 37.6 Å². The molecule has 7 nitrogen and oxygen atoms in total. The summed E-state index contributed by atoms with van der Waals surface area (Å²) in [5, 5.41) is 13.8. The number of aliphatic carboxylic acids is 1. The minimum Gasteiger partial charge on any atom is -0.479 e. The molecule has 1 fully saturated rings. The van der Waals surface area contributed by atoms with Gasteiger partial charge in [-0.25, -0.2) is 4.79 Å². The zero-order chi connectivity index (χ0) is 15.6. The average Bonchev–Trinajstić information content (AvgIpc) is 2.81. The number of hydrogen-bond donors (Lipinski definition) is 1. The van der Waals surface area contributed by atoms with Crippen molar-refractivity contribution >= 4 is 11.9 Å². The Kier molecular flexibility index (Phi) is 4.62. The van der Waals surface area contributed by atoms with E-state index >= 15 is 0 Å². The molecular weight excluding hydrogens is 274 g/mol. The van der Waals surface area contributed by atoms with Gasteiger partial charge in [0.25, 0.3) is 0 Å². The zero-order valence-corrected chi connectivity index (χ0v) is 12.6. The van der Waals surface area contributed by atoms with E-state index in [9.17, 15) is 14.7 Å². The minimum absolute atomic E-state index is 0.176. The fourth-order valence-electron chi connectivity index (χ4n) is 2.77. The first-order chi connectivity index (χ1) is 9.99. The molecule has 1 aromatic rings. The molecule has 1 aliphatic rings. The molecule has 2 rings (SSSR count). The van der Waals surface area contributed by atoms with E-state index in [0.717, 1.165) is 17.7 Å². The quantitative estimate of drug-likeness (QED) is 0.866. The molecule has 1 amide bonds. The molecule has 0 bridgehead atoms. The van der Waals surface area contributed by atoms with Gasteiger partial charge in [-0.1, -0.05) is 13.8 Å². The Balaban J connectivity index is 2.48. The zero-order valence-electron chi connectivity index (χ0n) is 12.6. The van der Waals surface area contributed by atoms with Gasteiger partial charge in [0.2, 0.25) is 5.91 Å². The summed E-state index contributed by atoms with van der Waals surface area (Å²) in [4.78, 5) is 25.2. The summed E-state index contributed by atoms with van der Waals surface area (Å²) >= 11 is 0. The molecule has 116 valence electrons. The lowest BCUT2D eigenvalue weighted by Gasteiger charge is -2.39. The summed E-state index contributed by atoms with van der Waals surface area (Å²) in [5.74, 6) is -1.23. The largest absolute Gasteiger partial charge is 0.479 e. The number of morpholine rings is 1. The summed E-state index contributed by atoms with van der Waals surface area (Å²) in [6.45, 7) is 4.24. The van der Waals surface area contributed by atoms with E-state index in [1.807, 2.05) is 13.8 Å². The van der Waals surface area contributed by atoms with Crippen LogP contribution in [0.2, 0.25) is 0 Å². The lowest BCUT2D eigenvalue weighted by atomic mass is 9.97. The van der Waals surface area contributed by atoms with E-state index in [-0.39, 0.29) is 12.5 Å². The van der Waals surface area contributed by atoms with Crippen molar-refractivity contribution in [2.24, 2.45) is 7.05 Å². The lowest BCUT2D eigenvalue weighted by Crippen LogP contribution is -2.52. The van der Waals surface area contributed by atoms with Gasteiger partial charge in [-0.2, -0.15) is 5.10 Å². The Morgan fingerprint density at radius 3 is 2.81 bits per heavy atom. The number of carboxylic acid groups (broad SMARTS) is 1. The van der Waals surface area contributed by atoms with Crippen molar-refractivity contribution in [1.82, 2.24) is 14.7 Å². The van der Waals surface area contributed by atoms with Crippen LogP contribution in [0.25, 0.3) is 0 Å². The maximum Gasteiger partial charge on any atom is 0.335 e.